The zero-order valence-corrected chi connectivity index (χ0v) is 8.59. The van der Waals surface area contributed by atoms with E-state index >= 15 is 0 Å². The topological polar surface area (TPSA) is 47.3 Å². The van der Waals surface area contributed by atoms with Gasteiger partial charge in [-0.2, -0.15) is 0 Å². The van der Waals surface area contributed by atoms with Gasteiger partial charge in [-0.25, -0.2) is 0 Å². The first kappa shape index (κ1) is 11.0. The number of methoxy groups -OCH3 is 1. The third kappa shape index (κ3) is 5.24. The van der Waals surface area contributed by atoms with Crippen molar-refractivity contribution in [2.45, 2.75) is 31.8 Å². The highest BCUT2D eigenvalue weighted by Gasteiger charge is 2.19. The lowest BCUT2D eigenvalue weighted by Crippen LogP contribution is -2.28. The van der Waals surface area contributed by atoms with Gasteiger partial charge in [0.2, 0.25) is 0 Å². The molecule has 1 rings (SSSR count). The Hall–Kier alpha value is -0.120. The van der Waals surface area contributed by atoms with Crippen LogP contribution in [0.5, 0.6) is 0 Å². The monoisotopic (exact) mass is 186 g/mol. The first-order valence-electron chi connectivity index (χ1n) is 5.30. The molecule has 0 radical (unpaired) electrons. The molecular weight excluding hydrogens is 164 g/mol. The molecule has 3 N–H and O–H groups in total. The maximum Gasteiger partial charge on any atom is 0.0705 e. The van der Waals surface area contributed by atoms with Gasteiger partial charge in [-0.1, -0.05) is 12.8 Å². The zero-order valence-electron chi connectivity index (χ0n) is 8.59. The Morgan fingerprint density at radius 2 is 2.23 bits per heavy atom. The fourth-order valence-corrected chi connectivity index (χ4v) is 1.43. The van der Waals surface area contributed by atoms with Gasteiger partial charge in [0.15, 0.2) is 0 Å². The lowest BCUT2D eigenvalue weighted by Gasteiger charge is -2.12. The van der Waals surface area contributed by atoms with Crippen molar-refractivity contribution in [2.75, 3.05) is 26.7 Å². The summed E-state index contributed by atoms with van der Waals surface area (Å²) in [7, 11) is 1.72. The van der Waals surface area contributed by atoms with Crippen LogP contribution in [-0.4, -0.2) is 32.8 Å². The normalized spacial score (nSPS) is 18.9. The second-order valence-electron chi connectivity index (χ2n) is 3.86. The van der Waals surface area contributed by atoms with Gasteiger partial charge in [-0.3, -0.25) is 0 Å². The van der Waals surface area contributed by atoms with Crippen molar-refractivity contribution in [1.29, 1.82) is 0 Å². The Morgan fingerprint density at radius 1 is 1.46 bits per heavy atom. The van der Waals surface area contributed by atoms with Gasteiger partial charge >= 0.3 is 0 Å². The number of rotatable bonds is 8. The Balaban J connectivity index is 1.81. The number of nitrogens with one attached hydrogen (secondary N) is 1. The summed E-state index contributed by atoms with van der Waals surface area (Å²) in [6.07, 6.45) is 5.50. The van der Waals surface area contributed by atoms with Crippen LogP contribution in [0.1, 0.15) is 25.7 Å². The van der Waals surface area contributed by atoms with Crippen molar-refractivity contribution in [3.63, 3.8) is 0 Å². The molecule has 1 saturated carbocycles. The fraction of sp³-hybridized carbons (Fsp3) is 1.00. The second-order valence-corrected chi connectivity index (χ2v) is 3.86. The molecule has 0 bridgehead atoms. The van der Waals surface area contributed by atoms with E-state index in [4.69, 9.17) is 10.5 Å². The smallest absolute Gasteiger partial charge is 0.0705 e. The fourth-order valence-electron chi connectivity index (χ4n) is 1.43. The van der Waals surface area contributed by atoms with Gasteiger partial charge in [0.1, 0.15) is 0 Å². The number of ether oxygens (including phenoxy) is 1. The predicted octanol–water partition coefficient (Wildman–Crippen LogP) is 0.740. The molecule has 1 atom stereocenters. The average molecular weight is 186 g/mol. The van der Waals surface area contributed by atoms with Gasteiger partial charge in [-0.15, -0.1) is 0 Å². The van der Waals surface area contributed by atoms with Gasteiger partial charge < -0.3 is 15.8 Å². The predicted molar refractivity (Wildman–Crippen MR) is 54.7 cm³/mol. The van der Waals surface area contributed by atoms with Crippen LogP contribution in [0, 0.1) is 5.92 Å². The van der Waals surface area contributed by atoms with Crippen molar-refractivity contribution in [3.8, 4) is 0 Å². The van der Waals surface area contributed by atoms with Crippen LogP contribution < -0.4 is 11.1 Å². The molecule has 1 fully saturated rings. The van der Waals surface area contributed by atoms with Crippen LogP contribution in [0.4, 0.5) is 0 Å². The van der Waals surface area contributed by atoms with E-state index in [1.165, 1.54) is 19.3 Å². The van der Waals surface area contributed by atoms with E-state index in [9.17, 15) is 0 Å². The van der Waals surface area contributed by atoms with Crippen LogP contribution in [0.25, 0.3) is 0 Å². The Morgan fingerprint density at radius 3 is 2.77 bits per heavy atom. The van der Waals surface area contributed by atoms with Gasteiger partial charge in [0.25, 0.3) is 0 Å². The standard InChI is InChI=1S/C10H22N2O/c1-13-10(8-11)5-7-12-6-4-9-2-3-9/h9-10,12H,2-8,11H2,1H3. The summed E-state index contributed by atoms with van der Waals surface area (Å²) in [6.45, 7) is 2.81. The Labute approximate surface area is 81.0 Å². The molecule has 13 heavy (non-hydrogen) atoms. The van der Waals surface area contributed by atoms with E-state index in [0.29, 0.717) is 6.54 Å². The molecule has 0 heterocycles. The van der Waals surface area contributed by atoms with Crippen molar-refractivity contribution in [1.82, 2.24) is 5.32 Å². The SMILES string of the molecule is COC(CN)CCNCCC1CC1. The van der Waals surface area contributed by atoms with Crippen LogP contribution in [0.2, 0.25) is 0 Å². The third-order valence-electron chi connectivity index (χ3n) is 2.67. The summed E-state index contributed by atoms with van der Waals surface area (Å²) in [5.74, 6) is 1.03. The second kappa shape index (κ2) is 6.35. The summed E-state index contributed by atoms with van der Waals surface area (Å²) in [5, 5.41) is 3.42. The Kier molecular flexibility index (Phi) is 5.35. The highest BCUT2D eigenvalue weighted by molar-refractivity contribution is 4.73. The maximum absolute atomic E-state index is 5.50. The number of hydrogen-bond donors (Lipinski definition) is 2. The maximum atomic E-state index is 5.50. The minimum atomic E-state index is 0.230. The zero-order chi connectivity index (χ0) is 9.52. The highest BCUT2D eigenvalue weighted by Crippen LogP contribution is 2.31. The first-order chi connectivity index (χ1) is 6.36. The quantitative estimate of drug-likeness (QED) is 0.550. The average Bonchev–Trinajstić information content (AvgIpc) is 2.95. The van der Waals surface area contributed by atoms with Crippen LogP contribution in [0.15, 0.2) is 0 Å². The highest BCUT2D eigenvalue weighted by atomic mass is 16.5. The molecule has 1 aliphatic rings. The summed E-state index contributed by atoms with van der Waals surface area (Å²) in [6, 6.07) is 0. The minimum Gasteiger partial charge on any atom is -0.380 e. The molecule has 3 nitrogen and oxygen atoms in total. The lowest BCUT2D eigenvalue weighted by atomic mass is 10.2. The summed E-state index contributed by atoms with van der Waals surface area (Å²) in [4.78, 5) is 0. The van der Waals surface area contributed by atoms with E-state index in [1.54, 1.807) is 7.11 Å². The molecule has 0 aromatic rings. The molecule has 3 heteroatoms. The van der Waals surface area contributed by atoms with E-state index in [2.05, 4.69) is 5.32 Å². The molecule has 0 aliphatic heterocycles. The molecule has 0 spiro atoms. The molecule has 1 aliphatic carbocycles. The minimum absolute atomic E-state index is 0.230. The Bertz CT molecular complexity index is 122. The third-order valence-corrected chi connectivity index (χ3v) is 2.67. The molecule has 0 saturated heterocycles. The summed E-state index contributed by atoms with van der Waals surface area (Å²) >= 11 is 0. The number of nitrogens with two attached hydrogens (primary N) is 1. The molecular formula is C10H22N2O. The van der Waals surface area contributed by atoms with Crippen molar-refractivity contribution in [3.05, 3.63) is 0 Å². The van der Waals surface area contributed by atoms with E-state index in [1.807, 2.05) is 0 Å². The molecule has 78 valence electrons. The molecule has 1 unspecified atom stereocenters. The van der Waals surface area contributed by atoms with Crippen molar-refractivity contribution in [2.24, 2.45) is 11.7 Å². The number of hydrogen-bond acceptors (Lipinski definition) is 3. The summed E-state index contributed by atoms with van der Waals surface area (Å²) in [5.41, 5.74) is 5.50. The van der Waals surface area contributed by atoms with Gasteiger partial charge in [0.05, 0.1) is 6.10 Å². The molecule has 0 aromatic heterocycles. The van der Waals surface area contributed by atoms with Gasteiger partial charge in [-0.05, 0) is 31.8 Å². The lowest BCUT2D eigenvalue weighted by molar-refractivity contribution is 0.102. The largest absolute Gasteiger partial charge is 0.380 e. The van der Waals surface area contributed by atoms with Crippen LogP contribution in [-0.2, 0) is 4.74 Å². The first-order valence-corrected chi connectivity index (χ1v) is 5.30. The van der Waals surface area contributed by atoms with Gasteiger partial charge in [0, 0.05) is 13.7 Å². The van der Waals surface area contributed by atoms with E-state index in [0.717, 1.165) is 25.4 Å². The van der Waals surface area contributed by atoms with Crippen molar-refractivity contribution >= 4 is 0 Å². The molecule has 0 amide bonds. The van der Waals surface area contributed by atoms with Crippen molar-refractivity contribution < 1.29 is 4.74 Å². The molecule has 0 aromatic carbocycles. The van der Waals surface area contributed by atoms with E-state index in [-0.39, 0.29) is 6.10 Å². The van der Waals surface area contributed by atoms with Crippen LogP contribution in [0.3, 0.4) is 0 Å². The van der Waals surface area contributed by atoms with E-state index < -0.39 is 0 Å². The summed E-state index contributed by atoms with van der Waals surface area (Å²) < 4.78 is 5.17. The van der Waals surface area contributed by atoms with Crippen LogP contribution >= 0.6 is 0 Å².